The van der Waals surface area contributed by atoms with Gasteiger partial charge >= 0.3 is 5.69 Å². The van der Waals surface area contributed by atoms with Gasteiger partial charge in [-0.3, -0.25) is 14.3 Å². The Morgan fingerprint density at radius 1 is 1.04 bits per heavy atom. The molecule has 2 aliphatic rings. The highest BCUT2D eigenvalue weighted by atomic mass is 16.7. The van der Waals surface area contributed by atoms with E-state index in [4.69, 9.17) is 9.47 Å². The van der Waals surface area contributed by atoms with E-state index >= 15 is 0 Å². The summed E-state index contributed by atoms with van der Waals surface area (Å²) >= 11 is 0. The molecular formula is C20H19N3O4. The van der Waals surface area contributed by atoms with Crippen LogP contribution in [0, 0.1) is 0 Å². The van der Waals surface area contributed by atoms with Crippen LogP contribution in [0.4, 0.5) is 0 Å². The maximum Gasteiger partial charge on any atom is 0.330 e. The summed E-state index contributed by atoms with van der Waals surface area (Å²) < 4.78 is 12.5. The molecule has 1 N–H and O–H groups in total. The number of rotatable bonds is 2. The fraction of sp³-hybridized carbons (Fsp3) is 0.350. The van der Waals surface area contributed by atoms with Crippen molar-refractivity contribution in [3.05, 3.63) is 51.3 Å². The maximum absolute atomic E-state index is 12.7. The van der Waals surface area contributed by atoms with Gasteiger partial charge in [-0.1, -0.05) is 25.3 Å². The van der Waals surface area contributed by atoms with Crippen molar-refractivity contribution in [1.29, 1.82) is 0 Å². The van der Waals surface area contributed by atoms with Gasteiger partial charge in [-0.05, 0) is 42.2 Å². The number of aromatic nitrogens is 3. The molecule has 0 unspecified atom stereocenters. The van der Waals surface area contributed by atoms with E-state index in [9.17, 15) is 9.59 Å². The molecule has 0 spiro atoms. The summed E-state index contributed by atoms with van der Waals surface area (Å²) in [6.07, 6.45) is 6.86. The molecular weight excluding hydrogens is 346 g/mol. The minimum atomic E-state index is -0.414. The molecule has 1 aliphatic carbocycles. The standard InChI is InChI=1S/C20H19N3O4/c24-19-17-14(12-6-7-15-16(10-12)27-11-26-15)8-9-21-18(17)23(20(25)22-19)13-4-2-1-3-5-13/h6-10,13H,1-5,11H2,(H,22,24,25). The molecule has 0 radical (unpaired) electrons. The molecule has 7 nitrogen and oxygen atoms in total. The number of hydrogen-bond acceptors (Lipinski definition) is 5. The smallest absolute Gasteiger partial charge is 0.330 e. The van der Waals surface area contributed by atoms with Crippen molar-refractivity contribution in [2.75, 3.05) is 6.79 Å². The van der Waals surface area contributed by atoms with E-state index in [1.807, 2.05) is 18.2 Å². The lowest BCUT2D eigenvalue weighted by atomic mass is 9.95. The minimum Gasteiger partial charge on any atom is -0.454 e. The van der Waals surface area contributed by atoms with Gasteiger partial charge in [0.15, 0.2) is 11.5 Å². The van der Waals surface area contributed by atoms with E-state index in [2.05, 4.69) is 9.97 Å². The van der Waals surface area contributed by atoms with Crippen LogP contribution in [0.15, 0.2) is 40.1 Å². The van der Waals surface area contributed by atoms with Gasteiger partial charge in [-0.25, -0.2) is 9.78 Å². The van der Waals surface area contributed by atoms with E-state index in [0.29, 0.717) is 22.5 Å². The van der Waals surface area contributed by atoms with Crippen LogP contribution in [-0.2, 0) is 0 Å². The Hall–Kier alpha value is -3.09. The number of fused-ring (bicyclic) bond motifs is 2. The molecule has 0 atom stereocenters. The van der Waals surface area contributed by atoms with Crippen molar-refractivity contribution >= 4 is 11.0 Å². The first-order valence-electron chi connectivity index (χ1n) is 9.26. The summed E-state index contributed by atoms with van der Waals surface area (Å²) in [5, 5.41) is 0.432. The molecule has 0 amide bonds. The Balaban J connectivity index is 1.75. The van der Waals surface area contributed by atoms with Gasteiger partial charge in [0.05, 0.1) is 5.39 Å². The zero-order valence-electron chi connectivity index (χ0n) is 14.7. The second-order valence-corrected chi connectivity index (χ2v) is 7.05. The fourth-order valence-corrected chi connectivity index (χ4v) is 4.16. The average Bonchev–Trinajstić information content (AvgIpc) is 3.16. The lowest BCUT2D eigenvalue weighted by Crippen LogP contribution is -2.34. The van der Waals surface area contributed by atoms with E-state index in [1.54, 1.807) is 16.8 Å². The Morgan fingerprint density at radius 2 is 1.85 bits per heavy atom. The molecule has 1 fully saturated rings. The van der Waals surface area contributed by atoms with E-state index in [1.165, 1.54) is 6.42 Å². The first-order valence-corrected chi connectivity index (χ1v) is 9.26. The van der Waals surface area contributed by atoms with Crippen LogP contribution in [0.25, 0.3) is 22.2 Å². The van der Waals surface area contributed by atoms with Gasteiger partial charge in [0.2, 0.25) is 6.79 Å². The summed E-state index contributed by atoms with van der Waals surface area (Å²) in [6, 6.07) is 7.44. The largest absolute Gasteiger partial charge is 0.454 e. The van der Waals surface area contributed by atoms with Gasteiger partial charge < -0.3 is 9.47 Å². The lowest BCUT2D eigenvalue weighted by Gasteiger charge is -2.24. The topological polar surface area (TPSA) is 86.2 Å². The van der Waals surface area contributed by atoms with Crippen LogP contribution in [-0.4, -0.2) is 21.3 Å². The van der Waals surface area contributed by atoms with E-state index in [-0.39, 0.29) is 18.5 Å². The number of nitrogens with one attached hydrogen (secondary N) is 1. The Bertz CT molecular complexity index is 1140. The minimum absolute atomic E-state index is 0.0742. The molecule has 5 rings (SSSR count). The number of H-pyrrole nitrogens is 1. The molecule has 3 aromatic rings. The quantitative estimate of drug-likeness (QED) is 0.754. The molecule has 0 saturated heterocycles. The third-order valence-corrected chi connectivity index (χ3v) is 5.45. The second-order valence-electron chi connectivity index (χ2n) is 7.05. The fourth-order valence-electron chi connectivity index (χ4n) is 4.16. The molecule has 3 heterocycles. The molecule has 2 aromatic heterocycles. The molecule has 7 heteroatoms. The number of aromatic amines is 1. The first kappa shape index (κ1) is 16.1. The van der Waals surface area contributed by atoms with Crippen molar-refractivity contribution < 1.29 is 9.47 Å². The van der Waals surface area contributed by atoms with Gasteiger partial charge in [-0.15, -0.1) is 0 Å². The van der Waals surface area contributed by atoms with Gasteiger partial charge in [0.1, 0.15) is 5.65 Å². The SMILES string of the molecule is O=c1[nH]c(=O)n(C2CCCCC2)c2nccc(-c3ccc4c(c3)OCO4)c12. The van der Waals surface area contributed by atoms with Crippen molar-refractivity contribution in [3.63, 3.8) is 0 Å². The monoisotopic (exact) mass is 365 g/mol. The van der Waals surface area contributed by atoms with Crippen LogP contribution in [0.2, 0.25) is 0 Å². The third kappa shape index (κ3) is 2.61. The van der Waals surface area contributed by atoms with Gasteiger partial charge in [-0.2, -0.15) is 0 Å². The summed E-state index contributed by atoms with van der Waals surface area (Å²) in [4.78, 5) is 32.2. The van der Waals surface area contributed by atoms with Crippen LogP contribution in [0.3, 0.4) is 0 Å². The number of ether oxygens (including phenoxy) is 2. The predicted octanol–water partition coefficient (Wildman–Crippen LogP) is 2.99. The number of benzene rings is 1. The molecule has 1 saturated carbocycles. The Labute approximate surface area is 154 Å². The van der Waals surface area contributed by atoms with Gasteiger partial charge in [0.25, 0.3) is 5.56 Å². The Kier molecular flexibility index (Phi) is 3.74. The zero-order chi connectivity index (χ0) is 18.4. The maximum atomic E-state index is 12.7. The second kappa shape index (κ2) is 6.26. The number of pyridine rings is 1. The zero-order valence-corrected chi connectivity index (χ0v) is 14.7. The van der Waals surface area contributed by atoms with Crippen LogP contribution < -0.4 is 20.7 Å². The highest BCUT2D eigenvalue weighted by Gasteiger charge is 2.22. The van der Waals surface area contributed by atoms with Crippen LogP contribution >= 0.6 is 0 Å². The average molecular weight is 365 g/mol. The highest BCUT2D eigenvalue weighted by Crippen LogP contribution is 2.37. The van der Waals surface area contributed by atoms with Crippen molar-refractivity contribution in [1.82, 2.24) is 14.5 Å². The third-order valence-electron chi connectivity index (χ3n) is 5.45. The van der Waals surface area contributed by atoms with Crippen LogP contribution in [0.5, 0.6) is 11.5 Å². The number of hydrogen-bond donors (Lipinski definition) is 1. The van der Waals surface area contributed by atoms with Crippen molar-refractivity contribution in [3.8, 4) is 22.6 Å². The van der Waals surface area contributed by atoms with Crippen molar-refractivity contribution in [2.24, 2.45) is 0 Å². The molecule has 27 heavy (non-hydrogen) atoms. The Morgan fingerprint density at radius 3 is 2.70 bits per heavy atom. The molecule has 0 bridgehead atoms. The first-order chi connectivity index (χ1) is 13.2. The molecule has 1 aromatic carbocycles. The summed E-state index contributed by atoms with van der Waals surface area (Å²) in [5.41, 5.74) is 1.21. The predicted molar refractivity (Wildman–Crippen MR) is 100 cm³/mol. The van der Waals surface area contributed by atoms with E-state index < -0.39 is 5.56 Å². The number of nitrogens with zero attached hydrogens (tertiary/aromatic N) is 2. The summed E-state index contributed by atoms with van der Waals surface area (Å²) in [7, 11) is 0. The lowest BCUT2D eigenvalue weighted by molar-refractivity contribution is 0.174. The van der Waals surface area contributed by atoms with E-state index in [0.717, 1.165) is 36.8 Å². The molecule has 1 aliphatic heterocycles. The molecule has 138 valence electrons. The summed E-state index contributed by atoms with van der Waals surface area (Å²) in [6.45, 7) is 0.192. The normalized spacial score (nSPS) is 16.7. The summed E-state index contributed by atoms with van der Waals surface area (Å²) in [5.74, 6) is 1.33. The van der Waals surface area contributed by atoms with Crippen molar-refractivity contribution in [2.45, 2.75) is 38.1 Å². The highest BCUT2D eigenvalue weighted by molar-refractivity contribution is 5.92. The van der Waals surface area contributed by atoms with Crippen LogP contribution in [0.1, 0.15) is 38.1 Å². The van der Waals surface area contributed by atoms with Gasteiger partial charge in [0, 0.05) is 12.2 Å².